The number of anilines is 1. The third-order valence-corrected chi connectivity index (χ3v) is 5.81. The highest BCUT2D eigenvalue weighted by atomic mass is 32.1. The Bertz CT molecular complexity index is 1270. The molecule has 0 saturated carbocycles. The fraction of sp³-hybridized carbons (Fsp3) is 0.200. The minimum atomic E-state index is -0.658. The highest BCUT2D eigenvalue weighted by molar-refractivity contribution is 7.21. The standard InChI is InChI=1S/C20H16FN5O2S/c1-9-8-22-18-17-11-3-6-15(28-16-7-14(21)24-10(2)25-16)26-12(11)4-5-13(17)29-19(18)20(27)23-9/h3-7,9,22H,8H2,1-2H3,(H,23,27)/t9-/m1/s1. The van der Waals surface area contributed by atoms with Crippen LogP contribution in [0.4, 0.5) is 10.1 Å². The summed E-state index contributed by atoms with van der Waals surface area (Å²) >= 11 is 1.46. The Balaban J connectivity index is 1.61. The van der Waals surface area contributed by atoms with E-state index in [1.807, 2.05) is 25.1 Å². The van der Waals surface area contributed by atoms with Gasteiger partial charge in [-0.05, 0) is 32.0 Å². The van der Waals surface area contributed by atoms with Crippen LogP contribution in [0.2, 0.25) is 0 Å². The number of halogens is 1. The average Bonchev–Trinajstić information content (AvgIpc) is 2.98. The highest BCUT2D eigenvalue weighted by Crippen LogP contribution is 2.41. The zero-order valence-electron chi connectivity index (χ0n) is 15.6. The Kier molecular flexibility index (Phi) is 4.06. The molecule has 1 aromatic carbocycles. The molecule has 1 amide bonds. The number of ether oxygens (including phenoxy) is 1. The molecule has 0 unspecified atom stereocenters. The first-order chi connectivity index (χ1) is 14.0. The number of fused-ring (bicyclic) bond motifs is 5. The van der Waals surface area contributed by atoms with Crippen LogP contribution in [0.1, 0.15) is 22.4 Å². The second-order valence-electron chi connectivity index (χ2n) is 6.89. The number of benzene rings is 1. The molecule has 7 nitrogen and oxygen atoms in total. The van der Waals surface area contributed by atoms with E-state index in [-0.39, 0.29) is 23.7 Å². The van der Waals surface area contributed by atoms with E-state index in [0.717, 1.165) is 27.2 Å². The van der Waals surface area contributed by atoms with Gasteiger partial charge in [-0.25, -0.2) is 9.97 Å². The lowest BCUT2D eigenvalue weighted by Crippen LogP contribution is -2.34. The van der Waals surface area contributed by atoms with Crippen LogP contribution in [0.5, 0.6) is 11.8 Å². The maximum atomic E-state index is 13.5. The van der Waals surface area contributed by atoms with Gasteiger partial charge < -0.3 is 15.4 Å². The highest BCUT2D eigenvalue weighted by Gasteiger charge is 2.24. The Morgan fingerprint density at radius 3 is 2.86 bits per heavy atom. The molecular weight excluding hydrogens is 393 g/mol. The predicted molar refractivity (Wildman–Crippen MR) is 109 cm³/mol. The van der Waals surface area contributed by atoms with Crippen molar-refractivity contribution in [3.05, 3.63) is 47.0 Å². The lowest BCUT2D eigenvalue weighted by Gasteiger charge is -2.10. The first kappa shape index (κ1) is 17.7. The summed E-state index contributed by atoms with van der Waals surface area (Å²) in [6.45, 7) is 4.20. The molecule has 4 aromatic rings. The summed E-state index contributed by atoms with van der Waals surface area (Å²) in [4.78, 5) is 25.4. The Morgan fingerprint density at radius 2 is 2.03 bits per heavy atom. The van der Waals surface area contributed by atoms with Gasteiger partial charge in [-0.2, -0.15) is 9.37 Å². The molecule has 5 rings (SSSR count). The number of nitrogens with zero attached hydrogens (tertiary/aromatic N) is 3. The summed E-state index contributed by atoms with van der Waals surface area (Å²) in [7, 11) is 0. The fourth-order valence-electron chi connectivity index (χ4n) is 3.43. The van der Waals surface area contributed by atoms with Crippen molar-refractivity contribution in [2.75, 3.05) is 11.9 Å². The molecule has 1 atom stereocenters. The Labute approximate surface area is 169 Å². The molecule has 0 bridgehead atoms. The normalized spacial score (nSPS) is 16.2. The lowest BCUT2D eigenvalue weighted by molar-refractivity contribution is 0.0949. The maximum Gasteiger partial charge on any atom is 0.263 e. The van der Waals surface area contributed by atoms with Crippen LogP contribution in [0.15, 0.2) is 30.3 Å². The Hall–Kier alpha value is -3.33. The third kappa shape index (κ3) is 3.13. The summed E-state index contributed by atoms with van der Waals surface area (Å²) < 4.78 is 20.1. The number of aryl methyl sites for hydroxylation is 1. The van der Waals surface area contributed by atoms with Crippen molar-refractivity contribution >= 4 is 43.9 Å². The second-order valence-corrected chi connectivity index (χ2v) is 7.95. The first-order valence-corrected chi connectivity index (χ1v) is 9.89. The van der Waals surface area contributed by atoms with E-state index in [9.17, 15) is 9.18 Å². The lowest BCUT2D eigenvalue weighted by atomic mass is 10.1. The topological polar surface area (TPSA) is 89.0 Å². The molecule has 3 aromatic heterocycles. The van der Waals surface area contributed by atoms with Crippen LogP contribution in [0.3, 0.4) is 0 Å². The smallest absolute Gasteiger partial charge is 0.263 e. The summed E-state index contributed by atoms with van der Waals surface area (Å²) in [5.74, 6) is -0.0489. The molecule has 1 aliphatic rings. The largest absolute Gasteiger partial charge is 0.420 e. The van der Waals surface area contributed by atoms with Crippen molar-refractivity contribution in [1.82, 2.24) is 20.3 Å². The molecule has 0 radical (unpaired) electrons. The molecule has 0 aliphatic carbocycles. The number of carbonyl (C=O) groups is 1. The third-order valence-electron chi connectivity index (χ3n) is 4.66. The monoisotopic (exact) mass is 409 g/mol. The number of thiophene rings is 1. The average molecular weight is 409 g/mol. The van der Waals surface area contributed by atoms with E-state index in [4.69, 9.17) is 4.74 Å². The zero-order valence-corrected chi connectivity index (χ0v) is 16.4. The van der Waals surface area contributed by atoms with Crippen molar-refractivity contribution in [2.24, 2.45) is 0 Å². The molecule has 0 saturated heterocycles. The number of carbonyl (C=O) groups excluding carboxylic acids is 1. The second kappa shape index (κ2) is 6.63. The maximum absolute atomic E-state index is 13.5. The molecule has 4 heterocycles. The fourth-order valence-corrected chi connectivity index (χ4v) is 4.53. The van der Waals surface area contributed by atoms with Crippen LogP contribution in [0.25, 0.3) is 21.0 Å². The van der Waals surface area contributed by atoms with E-state index < -0.39 is 5.95 Å². The van der Waals surface area contributed by atoms with Gasteiger partial charge in [0.15, 0.2) is 0 Å². The molecule has 1 aliphatic heterocycles. The van der Waals surface area contributed by atoms with Gasteiger partial charge in [0.2, 0.25) is 17.7 Å². The van der Waals surface area contributed by atoms with E-state index in [1.54, 1.807) is 13.0 Å². The Morgan fingerprint density at radius 1 is 1.17 bits per heavy atom. The number of aromatic nitrogens is 3. The number of hydrogen-bond acceptors (Lipinski definition) is 7. The molecule has 146 valence electrons. The first-order valence-electron chi connectivity index (χ1n) is 9.08. The molecular formula is C20H16FN5O2S. The van der Waals surface area contributed by atoms with E-state index in [2.05, 4.69) is 25.6 Å². The molecule has 0 fully saturated rings. The van der Waals surface area contributed by atoms with Crippen molar-refractivity contribution in [2.45, 2.75) is 19.9 Å². The molecule has 29 heavy (non-hydrogen) atoms. The zero-order chi connectivity index (χ0) is 20.1. The van der Waals surface area contributed by atoms with Gasteiger partial charge >= 0.3 is 0 Å². The van der Waals surface area contributed by atoms with Crippen LogP contribution >= 0.6 is 11.3 Å². The summed E-state index contributed by atoms with van der Waals surface area (Å²) in [5.41, 5.74) is 1.54. The van der Waals surface area contributed by atoms with Crippen molar-refractivity contribution in [3.63, 3.8) is 0 Å². The minimum absolute atomic E-state index is 0.0435. The van der Waals surface area contributed by atoms with Crippen LogP contribution in [-0.2, 0) is 0 Å². The quantitative estimate of drug-likeness (QED) is 0.486. The summed E-state index contributed by atoms with van der Waals surface area (Å²) in [5, 5.41) is 8.26. The molecule has 2 N–H and O–H groups in total. The predicted octanol–water partition coefficient (Wildman–Crippen LogP) is 4.02. The number of amides is 1. The van der Waals surface area contributed by atoms with Gasteiger partial charge in [-0.1, -0.05) is 0 Å². The number of nitrogens with one attached hydrogen (secondary N) is 2. The van der Waals surface area contributed by atoms with Crippen molar-refractivity contribution in [3.8, 4) is 11.8 Å². The van der Waals surface area contributed by atoms with Crippen LogP contribution in [0, 0.1) is 12.9 Å². The SMILES string of the molecule is Cc1nc(F)cc(Oc2ccc3c(ccc4sc5c(c43)NC[C@@H](C)NC5=O)n2)n1. The minimum Gasteiger partial charge on any atom is -0.420 e. The van der Waals surface area contributed by atoms with Crippen molar-refractivity contribution in [1.29, 1.82) is 0 Å². The van der Waals surface area contributed by atoms with Gasteiger partial charge in [-0.15, -0.1) is 11.3 Å². The number of hydrogen-bond donors (Lipinski definition) is 2. The summed E-state index contributed by atoms with van der Waals surface area (Å²) in [6, 6.07) is 8.59. The van der Waals surface area contributed by atoms with Gasteiger partial charge in [0, 0.05) is 34.1 Å². The molecule has 9 heteroatoms. The summed E-state index contributed by atoms with van der Waals surface area (Å²) in [6.07, 6.45) is 0. The van der Waals surface area contributed by atoms with Gasteiger partial charge in [0.05, 0.1) is 17.3 Å². The van der Waals surface area contributed by atoms with E-state index in [1.165, 1.54) is 11.3 Å². The van der Waals surface area contributed by atoms with E-state index in [0.29, 0.717) is 22.8 Å². The number of pyridine rings is 1. The van der Waals surface area contributed by atoms with Crippen LogP contribution in [-0.4, -0.2) is 33.4 Å². The van der Waals surface area contributed by atoms with Gasteiger partial charge in [0.25, 0.3) is 5.91 Å². The van der Waals surface area contributed by atoms with Gasteiger partial charge in [0.1, 0.15) is 10.7 Å². The van der Waals surface area contributed by atoms with Crippen molar-refractivity contribution < 1.29 is 13.9 Å². The number of rotatable bonds is 2. The molecule has 0 spiro atoms. The van der Waals surface area contributed by atoms with Crippen LogP contribution < -0.4 is 15.4 Å². The van der Waals surface area contributed by atoms with E-state index >= 15 is 0 Å². The van der Waals surface area contributed by atoms with Gasteiger partial charge in [-0.3, -0.25) is 4.79 Å².